The molecule has 0 bridgehead atoms. The molecule has 3 unspecified atom stereocenters. The highest BCUT2D eigenvalue weighted by Crippen LogP contribution is 2.28. The van der Waals surface area contributed by atoms with Crippen LogP contribution in [-0.2, 0) is 6.54 Å². The van der Waals surface area contributed by atoms with Gasteiger partial charge in [-0.15, -0.1) is 0 Å². The Labute approximate surface area is 105 Å². The minimum Gasteiger partial charge on any atom is -0.310 e. The van der Waals surface area contributed by atoms with Crippen LogP contribution in [0, 0.1) is 18.8 Å². The highest BCUT2D eigenvalue weighted by Gasteiger charge is 2.24. The van der Waals surface area contributed by atoms with Crippen molar-refractivity contribution in [2.24, 2.45) is 11.8 Å². The third kappa shape index (κ3) is 3.53. The fourth-order valence-corrected chi connectivity index (χ4v) is 2.82. The smallest absolute Gasteiger partial charge is 0.0372 e. The van der Waals surface area contributed by atoms with E-state index in [-0.39, 0.29) is 0 Å². The standard InChI is InChI=1S/C15H24N2/c1-11-4-7-15(12(2)8-11)17-10-14-6-5-13(3)16-9-14/h5-6,9,11-12,15,17H,4,7-8,10H2,1-3H3. The lowest BCUT2D eigenvalue weighted by atomic mass is 9.80. The van der Waals surface area contributed by atoms with Crippen LogP contribution in [0.5, 0.6) is 0 Å². The highest BCUT2D eigenvalue weighted by molar-refractivity contribution is 5.12. The van der Waals surface area contributed by atoms with Crippen LogP contribution < -0.4 is 5.32 Å². The monoisotopic (exact) mass is 232 g/mol. The predicted octanol–water partition coefficient (Wildman–Crippen LogP) is 3.30. The van der Waals surface area contributed by atoms with E-state index in [1.165, 1.54) is 24.8 Å². The molecule has 1 heterocycles. The van der Waals surface area contributed by atoms with Gasteiger partial charge in [0.2, 0.25) is 0 Å². The van der Waals surface area contributed by atoms with E-state index in [0.29, 0.717) is 6.04 Å². The molecule has 1 aliphatic rings. The molecule has 3 atom stereocenters. The normalized spacial score (nSPS) is 29.2. The molecule has 1 aromatic rings. The van der Waals surface area contributed by atoms with Crippen molar-refractivity contribution in [2.45, 2.75) is 52.6 Å². The van der Waals surface area contributed by atoms with E-state index < -0.39 is 0 Å². The molecule has 0 spiro atoms. The molecule has 0 radical (unpaired) electrons. The summed E-state index contributed by atoms with van der Waals surface area (Å²) in [6.45, 7) is 7.73. The fraction of sp³-hybridized carbons (Fsp3) is 0.667. The molecule has 2 rings (SSSR count). The SMILES string of the molecule is Cc1ccc(CNC2CCC(C)CC2C)cn1. The van der Waals surface area contributed by atoms with Gasteiger partial charge in [0.05, 0.1) is 0 Å². The summed E-state index contributed by atoms with van der Waals surface area (Å²) in [5.41, 5.74) is 2.38. The first-order chi connectivity index (χ1) is 8.15. The van der Waals surface area contributed by atoms with Gasteiger partial charge >= 0.3 is 0 Å². The zero-order chi connectivity index (χ0) is 12.3. The Balaban J connectivity index is 1.83. The lowest BCUT2D eigenvalue weighted by Gasteiger charge is -2.33. The van der Waals surface area contributed by atoms with Crippen LogP contribution in [0.25, 0.3) is 0 Å². The minimum atomic E-state index is 0.688. The molecule has 1 saturated carbocycles. The van der Waals surface area contributed by atoms with E-state index in [2.05, 4.69) is 36.3 Å². The van der Waals surface area contributed by atoms with E-state index in [4.69, 9.17) is 0 Å². The van der Waals surface area contributed by atoms with Crippen molar-refractivity contribution in [3.05, 3.63) is 29.6 Å². The number of rotatable bonds is 3. The maximum absolute atomic E-state index is 4.33. The molecule has 1 aromatic heterocycles. The molecule has 0 aliphatic heterocycles. The lowest BCUT2D eigenvalue weighted by molar-refractivity contribution is 0.227. The van der Waals surface area contributed by atoms with E-state index in [1.54, 1.807) is 0 Å². The molecule has 0 saturated heterocycles. The third-order valence-electron chi connectivity index (χ3n) is 3.97. The van der Waals surface area contributed by atoms with Gasteiger partial charge in [-0.25, -0.2) is 0 Å². The van der Waals surface area contributed by atoms with E-state index >= 15 is 0 Å². The molecule has 1 fully saturated rings. The van der Waals surface area contributed by atoms with Gasteiger partial charge in [0.15, 0.2) is 0 Å². The maximum atomic E-state index is 4.33. The van der Waals surface area contributed by atoms with Crippen LogP contribution in [0.15, 0.2) is 18.3 Å². The molecule has 94 valence electrons. The van der Waals surface area contributed by atoms with Crippen molar-refractivity contribution in [1.82, 2.24) is 10.3 Å². The minimum absolute atomic E-state index is 0.688. The summed E-state index contributed by atoms with van der Waals surface area (Å²) < 4.78 is 0. The van der Waals surface area contributed by atoms with Crippen molar-refractivity contribution < 1.29 is 0 Å². The molecule has 2 nitrogen and oxygen atoms in total. The molecule has 0 amide bonds. The number of hydrogen-bond donors (Lipinski definition) is 1. The second-order valence-electron chi connectivity index (χ2n) is 5.69. The van der Waals surface area contributed by atoms with Gasteiger partial charge < -0.3 is 5.32 Å². The summed E-state index contributed by atoms with van der Waals surface area (Å²) in [5, 5.41) is 3.69. The number of nitrogens with one attached hydrogen (secondary N) is 1. The average molecular weight is 232 g/mol. The van der Waals surface area contributed by atoms with E-state index in [0.717, 1.165) is 24.1 Å². The van der Waals surface area contributed by atoms with Gasteiger partial charge in [-0.05, 0) is 49.7 Å². The Bertz CT molecular complexity index is 344. The third-order valence-corrected chi connectivity index (χ3v) is 3.97. The van der Waals surface area contributed by atoms with Gasteiger partial charge in [0.25, 0.3) is 0 Å². The number of hydrogen-bond acceptors (Lipinski definition) is 2. The van der Waals surface area contributed by atoms with Crippen LogP contribution in [0.3, 0.4) is 0 Å². The number of nitrogens with zero attached hydrogens (tertiary/aromatic N) is 1. The molecule has 1 aliphatic carbocycles. The maximum Gasteiger partial charge on any atom is 0.0372 e. The van der Waals surface area contributed by atoms with Crippen molar-refractivity contribution in [2.75, 3.05) is 0 Å². The van der Waals surface area contributed by atoms with E-state index in [1.807, 2.05) is 13.1 Å². The van der Waals surface area contributed by atoms with Crippen LogP contribution in [-0.4, -0.2) is 11.0 Å². The van der Waals surface area contributed by atoms with Crippen LogP contribution in [0.4, 0.5) is 0 Å². The Kier molecular flexibility index (Phi) is 4.16. The Hall–Kier alpha value is -0.890. The fourth-order valence-electron chi connectivity index (χ4n) is 2.82. The summed E-state index contributed by atoms with van der Waals surface area (Å²) >= 11 is 0. The van der Waals surface area contributed by atoms with Crippen molar-refractivity contribution in [3.8, 4) is 0 Å². The molecule has 17 heavy (non-hydrogen) atoms. The quantitative estimate of drug-likeness (QED) is 0.865. The first-order valence-electron chi connectivity index (χ1n) is 6.80. The Morgan fingerprint density at radius 1 is 1.29 bits per heavy atom. The van der Waals surface area contributed by atoms with Gasteiger partial charge in [-0.2, -0.15) is 0 Å². The largest absolute Gasteiger partial charge is 0.310 e. The van der Waals surface area contributed by atoms with E-state index in [9.17, 15) is 0 Å². The van der Waals surface area contributed by atoms with Crippen LogP contribution in [0.2, 0.25) is 0 Å². The molecule has 1 N–H and O–H groups in total. The van der Waals surface area contributed by atoms with Crippen molar-refractivity contribution in [1.29, 1.82) is 0 Å². The first kappa shape index (κ1) is 12.6. The predicted molar refractivity (Wildman–Crippen MR) is 71.8 cm³/mol. The Morgan fingerprint density at radius 3 is 2.76 bits per heavy atom. The summed E-state index contributed by atoms with van der Waals surface area (Å²) in [4.78, 5) is 4.33. The highest BCUT2D eigenvalue weighted by atomic mass is 14.9. The number of pyridine rings is 1. The van der Waals surface area contributed by atoms with Gasteiger partial charge in [-0.3, -0.25) is 4.98 Å². The lowest BCUT2D eigenvalue weighted by Crippen LogP contribution is -2.38. The molecule has 2 heteroatoms. The van der Waals surface area contributed by atoms with Crippen LogP contribution >= 0.6 is 0 Å². The topological polar surface area (TPSA) is 24.9 Å². The first-order valence-corrected chi connectivity index (χ1v) is 6.80. The molecule has 0 aromatic carbocycles. The van der Waals surface area contributed by atoms with Crippen LogP contribution in [0.1, 0.15) is 44.4 Å². The number of aryl methyl sites for hydroxylation is 1. The zero-order valence-electron chi connectivity index (χ0n) is 11.2. The Morgan fingerprint density at radius 2 is 2.12 bits per heavy atom. The summed E-state index contributed by atoms with van der Waals surface area (Å²) in [6.07, 6.45) is 6.04. The molecular weight excluding hydrogens is 208 g/mol. The number of aromatic nitrogens is 1. The zero-order valence-corrected chi connectivity index (χ0v) is 11.2. The van der Waals surface area contributed by atoms with Crippen molar-refractivity contribution in [3.63, 3.8) is 0 Å². The van der Waals surface area contributed by atoms with Gasteiger partial charge in [0, 0.05) is 24.5 Å². The second-order valence-corrected chi connectivity index (χ2v) is 5.69. The second kappa shape index (κ2) is 5.63. The summed E-state index contributed by atoms with van der Waals surface area (Å²) in [7, 11) is 0. The van der Waals surface area contributed by atoms with Crippen molar-refractivity contribution >= 4 is 0 Å². The summed E-state index contributed by atoms with van der Waals surface area (Å²) in [6, 6.07) is 4.95. The average Bonchev–Trinajstić information content (AvgIpc) is 2.30. The van der Waals surface area contributed by atoms with Gasteiger partial charge in [0.1, 0.15) is 0 Å². The summed E-state index contributed by atoms with van der Waals surface area (Å²) in [5.74, 6) is 1.71. The van der Waals surface area contributed by atoms with Gasteiger partial charge in [-0.1, -0.05) is 19.9 Å². The molecular formula is C15H24N2.